The Labute approximate surface area is 111 Å². The zero-order valence-corrected chi connectivity index (χ0v) is 11.8. The van der Waals surface area contributed by atoms with Gasteiger partial charge in [-0.2, -0.15) is 0 Å². The molecule has 4 nitrogen and oxygen atoms in total. The van der Waals surface area contributed by atoms with Gasteiger partial charge in [0.15, 0.2) is 0 Å². The fraction of sp³-hybridized carbons (Fsp3) is 0.385. The number of nitrogens with one attached hydrogen (secondary N) is 1. The van der Waals surface area contributed by atoms with Crippen LogP contribution < -0.4 is 5.32 Å². The van der Waals surface area contributed by atoms with E-state index in [0.29, 0.717) is 0 Å². The number of benzene rings is 1. The molecule has 18 heavy (non-hydrogen) atoms. The summed E-state index contributed by atoms with van der Waals surface area (Å²) < 4.78 is 4.60. The molecule has 1 aromatic carbocycles. The summed E-state index contributed by atoms with van der Waals surface area (Å²) in [4.78, 5) is 23.2. The van der Waals surface area contributed by atoms with Crippen LogP contribution in [0.4, 0.5) is 5.69 Å². The van der Waals surface area contributed by atoms with Gasteiger partial charge in [0.05, 0.1) is 12.9 Å². The summed E-state index contributed by atoms with van der Waals surface area (Å²) in [7, 11) is 1.37. The van der Waals surface area contributed by atoms with Crippen molar-refractivity contribution in [1.82, 2.24) is 0 Å². The highest BCUT2D eigenvalue weighted by Crippen LogP contribution is 2.30. The average molecular weight is 267 g/mol. The maximum absolute atomic E-state index is 11.1. The number of rotatable bonds is 4. The number of carbonyl (C=O) groups excluding carboxylic acids is 2. The Kier molecular flexibility index (Phi) is 5.22. The van der Waals surface area contributed by atoms with E-state index in [0.717, 1.165) is 21.7 Å². The predicted octanol–water partition coefficient (Wildman–Crippen LogP) is 2.53. The number of amides is 1. The first-order chi connectivity index (χ1) is 8.45. The van der Waals surface area contributed by atoms with Crippen LogP contribution in [0.15, 0.2) is 17.0 Å². The lowest BCUT2D eigenvalue weighted by molar-refractivity contribution is -0.137. The molecule has 0 unspecified atom stereocenters. The molecule has 1 N–H and O–H groups in total. The topological polar surface area (TPSA) is 55.4 Å². The molecule has 0 aliphatic carbocycles. The zero-order valence-electron chi connectivity index (χ0n) is 11.0. The van der Waals surface area contributed by atoms with Crippen molar-refractivity contribution in [2.75, 3.05) is 18.2 Å². The number of ether oxygens (including phenoxy) is 1. The second-order valence-electron chi connectivity index (χ2n) is 3.93. The van der Waals surface area contributed by atoms with E-state index in [1.807, 2.05) is 26.0 Å². The number of aryl methyl sites for hydroxylation is 1. The Morgan fingerprint density at radius 3 is 2.56 bits per heavy atom. The monoisotopic (exact) mass is 267 g/mol. The van der Waals surface area contributed by atoms with E-state index >= 15 is 0 Å². The summed E-state index contributed by atoms with van der Waals surface area (Å²) in [5, 5.41) is 2.81. The molecule has 0 bridgehead atoms. The van der Waals surface area contributed by atoms with Gasteiger partial charge >= 0.3 is 5.97 Å². The largest absolute Gasteiger partial charge is 0.468 e. The van der Waals surface area contributed by atoms with E-state index < -0.39 is 0 Å². The Morgan fingerprint density at radius 2 is 2.00 bits per heavy atom. The lowest BCUT2D eigenvalue weighted by atomic mass is 10.1. The quantitative estimate of drug-likeness (QED) is 0.673. The average Bonchev–Trinajstić information content (AvgIpc) is 2.32. The Balaban J connectivity index is 2.93. The lowest BCUT2D eigenvalue weighted by Crippen LogP contribution is -2.09. The number of methoxy groups -OCH3 is 1. The molecule has 0 fully saturated rings. The second-order valence-corrected chi connectivity index (χ2v) is 4.94. The molecule has 1 rings (SSSR count). The van der Waals surface area contributed by atoms with E-state index in [2.05, 4.69) is 10.1 Å². The molecule has 5 heteroatoms. The molecule has 98 valence electrons. The highest BCUT2D eigenvalue weighted by atomic mass is 32.2. The van der Waals surface area contributed by atoms with Crippen molar-refractivity contribution in [1.29, 1.82) is 0 Å². The first kappa shape index (κ1) is 14.6. The summed E-state index contributed by atoms with van der Waals surface area (Å²) in [6.45, 7) is 5.35. The standard InChI is InChI=1S/C13H17NO3S/c1-8-5-6-11(18-7-12(16)17-4)9(2)13(8)14-10(3)15/h5-6H,7H2,1-4H3,(H,14,15). The second kappa shape index (κ2) is 6.44. The van der Waals surface area contributed by atoms with E-state index in [9.17, 15) is 9.59 Å². The molecule has 0 aliphatic heterocycles. The number of thioether (sulfide) groups is 1. The molecule has 1 aromatic rings. The summed E-state index contributed by atoms with van der Waals surface area (Å²) >= 11 is 1.40. The van der Waals surface area contributed by atoms with Crippen LogP contribution in [0.1, 0.15) is 18.1 Å². The number of anilines is 1. The van der Waals surface area contributed by atoms with Gasteiger partial charge in [-0.15, -0.1) is 11.8 Å². The molecule has 0 spiro atoms. The van der Waals surface area contributed by atoms with Crippen LogP contribution in [-0.4, -0.2) is 24.7 Å². The molecular weight excluding hydrogens is 250 g/mol. The number of carbonyl (C=O) groups is 2. The van der Waals surface area contributed by atoms with Crippen molar-refractivity contribution in [2.45, 2.75) is 25.7 Å². The van der Waals surface area contributed by atoms with Gasteiger partial charge in [0.2, 0.25) is 5.91 Å². The number of esters is 1. The van der Waals surface area contributed by atoms with Gasteiger partial charge in [-0.3, -0.25) is 9.59 Å². The summed E-state index contributed by atoms with van der Waals surface area (Å²) in [6, 6.07) is 3.88. The van der Waals surface area contributed by atoms with Crippen molar-refractivity contribution in [3.63, 3.8) is 0 Å². The molecule has 0 aromatic heterocycles. The molecule has 1 amide bonds. The SMILES string of the molecule is COC(=O)CSc1ccc(C)c(NC(C)=O)c1C. The van der Waals surface area contributed by atoms with E-state index in [4.69, 9.17) is 0 Å². The third-order valence-electron chi connectivity index (χ3n) is 2.50. The normalized spacial score (nSPS) is 10.0. The van der Waals surface area contributed by atoms with Crippen LogP contribution in [0.25, 0.3) is 0 Å². The summed E-state index contributed by atoms with van der Waals surface area (Å²) in [5.74, 6) is -0.0997. The minimum absolute atomic E-state index is 0.101. The van der Waals surface area contributed by atoms with Crippen molar-refractivity contribution < 1.29 is 14.3 Å². The van der Waals surface area contributed by atoms with E-state index in [1.165, 1.54) is 25.8 Å². The van der Waals surface area contributed by atoms with Crippen LogP contribution in [0, 0.1) is 13.8 Å². The Bertz CT molecular complexity index is 472. The van der Waals surface area contributed by atoms with Crippen molar-refractivity contribution in [2.24, 2.45) is 0 Å². The maximum atomic E-state index is 11.1. The van der Waals surface area contributed by atoms with E-state index in [1.54, 1.807) is 0 Å². The van der Waals surface area contributed by atoms with Crippen LogP contribution in [0.2, 0.25) is 0 Å². The molecule has 0 saturated carbocycles. The molecule has 0 heterocycles. The fourth-order valence-electron chi connectivity index (χ4n) is 1.55. The maximum Gasteiger partial charge on any atom is 0.315 e. The molecule has 0 atom stereocenters. The lowest BCUT2D eigenvalue weighted by Gasteiger charge is -2.14. The van der Waals surface area contributed by atoms with Crippen LogP contribution >= 0.6 is 11.8 Å². The molecule has 0 saturated heterocycles. The molecule has 0 radical (unpaired) electrons. The van der Waals surface area contributed by atoms with Gasteiger partial charge in [0, 0.05) is 17.5 Å². The smallest absolute Gasteiger partial charge is 0.315 e. The van der Waals surface area contributed by atoms with Crippen LogP contribution in [-0.2, 0) is 14.3 Å². The first-order valence-electron chi connectivity index (χ1n) is 5.53. The summed E-state index contributed by atoms with van der Waals surface area (Å²) in [5.41, 5.74) is 2.79. The molecule has 0 aliphatic rings. The Hall–Kier alpha value is -1.49. The van der Waals surface area contributed by atoms with E-state index in [-0.39, 0.29) is 17.6 Å². The zero-order chi connectivity index (χ0) is 13.7. The highest BCUT2D eigenvalue weighted by molar-refractivity contribution is 8.00. The minimum atomic E-state index is -0.263. The Morgan fingerprint density at radius 1 is 1.33 bits per heavy atom. The molecular formula is C13H17NO3S. The minimum Gasteiger partial charge on any atom is -0.468 e. The van der Waals surface area contributed by atoms with Gasteiger partial charge in [0.25, 0.3) is 0 Å². The third kappa shape index (κ3) is 3.77. The van der Waals surface area contributed by atoms with Crippen molar-refractivity contribution >= 4 is 29.3 Å². The van der Waals surface area contributed by atoms with Crippen LogP contribution in [0.5, 0.6) is 0 Å². The third-order valence-corrected chi connectivity index (χ3v) is 3.63. The highest BCUT2D eigenvalue weighted by Gasteiger charge is 2.10. The van der Waals surface area contributed by atoms with Crippen molar-refractivity contribution in [3.05, 3.63) is 23.3 Å². The van der Waals surface area contributed by atoms with Gasteiger partial charge in [0.1, 0.15) is 0 Å². The van der Waals surface area contributed by atoms with Crippen molar-refractivity contribution in [3.8, 4) is 0 Å². The predicted molar refractivity (Wildman–Crippen MR) is 73.0 cm³/mol. The number of hydrogen-bond acceptors (Lipinski definition) is 4. The number of hydrogen-bond donors (Lipinski definition) is 1. The van der Waals surface area contributed by atoms with Crippen LogP contribution in [0.3, 0.4) is 0 Å². The van der Waals surface area contributed by atoms with Gasteiger partial charge < -0.3 is 10.1 Å². The van der Waals surface area contributed by atoms with Gasteiger partial charge in [-0.05, 0) is 31.0 Å². The summed E-state index contributed by atoms with van der Waals surface area (Å²) in [6.07, 6.45) is 0. The first-order valence-corrected chi connectivity index (χ1v) is 6.51. The fourth-order valence-corrected chi connectivity index (χ4v) is 2.42. The van der Waals surface area contributed by atoms with Gasteiger partial charge in [-0.25, -0.2) is 0 Å². The van der Waals surface area contributed by atoms with Gasteiger partial charge in [-0.1, -0.05) is 6.07 Å².